The fourth-order valence-corrected chi connectivity index (χ4v) is 0.907. The van der Waals surface area contributed by atoms with E-state index in [2.05, 4.69) is 4.99 Å². The van der Waals surface area contributed by atoms with Crippen molar-refractivity contribution in [2.24, 2.45) is 4.99 Å². The lowest BCUT2D eigenvalue weighted by Gasteiger charge is -2.11. The van der Waals surface area contributed by atoms with E-state index in [9.17, 15) is 0 Å². The molecule has 0 spiro atoms. The van der Waals surface area contributed by atoms with Gasteiger partial charge in [-0.15, -0.1) is 4.99 Å². The van der Waals surface area contributed by atoms with Gasteiger partial charge in [0, 0.05) is 0 Å². The van der Waals surface area contributed by atoms with Gasteiger partial charge in [-0.05, 0) is 12.1 Å². The Bertz CT molecular complexity index is 411. The summed E-state index contributed by atoms with van der Waals surface area (Å²) >= 11 is 0. The Balaban J connectivity index is 3.01. The summed E-state index contributed by atoms with van der Waals surface area (Å²) in [6.45, 7) is 0. The first kappa shape index (κ1) is 9.65. The third-order valence-corrected chi connectivity index (χ3v) is 1.49. The van der Waals surface area contributed by atoms with Crippen LogP contribution in [0.1, 0.15) is 0 Å². The van der Waals surface area contributed by atoms with Crippen LogP contribution in [0.25, 0.3) is 0 Å². The second-order valence-electron chi connectivity index (χ2n) is 2.32. The van der Waals surface area contributed by atoms with E-state index in [1.807, 2.05) is 6.07 Å². The second kappa shape index (κ2) is 4.55. The fourth-order valence-electron chi connectivity index (χ4n) is 0.907. The Morgan fingerprint density at radius 3 is 2.50 bits per heavy atom. The quantitative estimate of drug-likeness (QED) is 0.301. The molecule has 0 bridgehead atoms. The minimum Gasteiger partial charge on any atom is -0.265 e. The van der Waals surface area contributed by atoms with Crippen molar-refractivity contribution >= 4 is 17.7 Å². The normalized spacial score (nSPS) is 8.21. The van der Waals surface area contributed by atoms with E-state index in [1.165, 1.54) is 0 Å². The van der Waals surface area contributed by atoms with Gasteiger partial charge in [-0.2, -0.15) is 5.26 Å². The molecular formula is C9H7N5. The van der Waals surface area contributed by atoms with Gasteiger partial charge in [0.1, 0.15) is 0 Å². The van der Waals surface area contributed by atoms with Crippen molar-refractivity contribution in [2.45, 2.75) is 0 Å². The molecule has 5 heteroatoms. The van der Waals surface area contributed by atoms with Gasteiger partial charge in [0.15, 0.2) is 6.19 Å². The van der Waals surface area contributed by atoms with Crippen molar-refractivity contribution < 1.29 is 0 Å². The van der Waals surface area contributed by atoms with Crippen LogP contribution in [0, 0.1) is 22.3 Å². The molecule has 68 valence electrons. The van der Waals surface area contributed by atoms with E-state index >= 15 is 0 Å². The summed E-state index contributed by atoms with van der Waals surface area (Å²) in [5, 5.41) is 22.7. The molecule has 0 atom stereocenters. The summed E-state index contributed by atoms with van der Waals surface area (Å²) in [5.41, 5.74) is 0.541. The largest absolute Gasteiger partial charge is 0.265 e. The molecule has 0 fully saturated rings. The highest BCUT2D eigenvalue weighted by Crippen LogP contribution is 2.12. The van der Waals surface area contributed by atoms with E-state index in [1.54, 1.807) is 36.5 Å². The highest BCUT2D eigenvalue weighted by atomic mass is 15.2. The summed E-state index contributed by atoms with van der Waals surface area (Å²) in [6, 6.07) is 10.4. The number of nitrogens with zero attached hydrogens (tertiary/aromatic N) is 3. The van der Waals surface area contributed by atoms with Crippen LogP contribution >= 0.6 is 0 Å². The molecule has 1 rings (SSSR count). The van der Waals surface area contributed by atoms with E-state index in [0.717, 1.165) is 4.90 Å². The van der Waals surface area contributed by atoms with E-state index in [4.69, 9.17) is 16.1 Å². The maximum atomic E-state index is 8.76. The minimum atomic E-state index is -0.325. The number of aliphatic imine (C=N–C) groups is 1. The maximum Gasteiger partial charge on any atom is 0.245 e. The Hall–Kier alpha value is -2.44. The monoisotopic (exact) mass is 185 g/mol. The first-order chi connectivity index (χ1) is 6.79. The molecule has 0 amide bonds. The molecule has 0 heterocycles. The molecular weight excluding hydrogens is 178 g/mol. The molecule has 0 aromatic heterocycles. The molecule has 2 N–H and O–H groups in total. The Labute approximate surface area is 80.9 Å². The fraction of sp³-hybridized carbons (Fsp3) is 0. The molecule has 0 aliphatic carbocycles. The topological polar surface area (TPSA) is 87.1 Å². The number of benzene rings is 1. The highest BCUT2D eigenvalue weighted by molar-refractivity contribution is 5.99. The average molecular weight is 185 g/mol. The van der Waals surface area contributed by atoms with Crippen molar-refractivity contribution in [3.8, 4) is 6.19 Å². The van der Waals surface area contributed by atoms with Gasteiger partial charge in [0.25, 0.3) is 0 Å². The number of anilines is 1. The standard InChI is InChI=1S/C9H7N5/c10-6-13-9(12)14(7-11)8-4-2-1-3-5-8/h1-5,10,12H. The lowest BCUT2D eigenvalue weighted by Crippen LogP contribution is -2.22. The van der Waals surface area contributed by atoms with Gasteiger partial charge in [0.05, 0.1) is 11.7 Å². The predicted molar refractivity (Wildman–Crippen MR) is 52.4 cm³/mol. The first-order valence-corrected chi connectivity index (χ1v) is 3.75. The Morgan fingerprint density at radius 1 is 1.36 bits per heavy atom. The van der Waals surface area contributed by atoms with Crippen LogP contribution in [-0.2, 0) is 0 Å². The zero-order valence-corrected chi connectivity index (χ0v) is 7.23. The van der Waals surface area contributed by atoms with Crippen LogP contribution in [-0.4, -0.2) is 12.0 Å². The summed E-state index contributed by atoms with van der Waals surface area (Å²) in [6.07, 6.45) is 1.79. The smallest absolute Gasteiger partial charge is 0.245 e. The molecule has 0 saturated heterocycles. The molecule has 1 aromatic rings. The summed E-state index contributed by atoms with van der Waals surface area (Å²) in [4.78, 5) is 4.28. The molecule has 0 aliphatic rings. The van der Waals surface area contributed by atoms with Crippen molar-refractivity contribution in [1.29, 1.82) is 16.1 Å². The zero-order valence-electron chi connectivity index (χ0n) is 7.23. The van der Waals surface area contributed by atoms with E-state index in [-0.39, 0.29) is 5.96 Å². The van der Waals surface area contributed by atoms with E-state index < -0.39 is 0 Å². The molecule has 0 aliphatic heterocycles. The number of hydrogen-bond donors (Lipinski definition) is 2. The van der Waals surface area contributed by atoms with Crippen LogP contribution in [0.5, 0.6) is 0 Å². The zero-order chi connectivity index (χ0) is 10.4. The van der Waals surface area contributed by atoms with Gasteiger partial charge in [0.2, 0.25) is 5.96 Å². The molecule has 14 heavy (non-hydrogen) atoms. The van der Waals surface area contributed by atoms with Gasteiger partial charge in [-0.25, -0.2) is 10.3 Å². The third kappa shape index (κ3) is 2.03. The Morgan fingerprint density at radius 2 is 2.00 bits per heavy atom. The van der Waals surface area contributed by atoms with Crippen LogP contribution in [0.4, 0.5) is 5.69 Å². The van der Waals surface area contributed by atoms with Gasteiger partial charge < -0.3 is 0 Å². The molecule has 0 radical (unpaired) electrons. The highest BCUT2D eigenvalue weighted by Gasteiger charge is 2.09. The van der Waals surface area contributed by atoms with Gasteiger partial charge in [-0.3, -0.25) is 5.41 Å². The third-order valence-electron chi connectivity index (χ3n) is 1.49. The summed E-state index contributed by atoms with van der Waals surface area (Å²) in [7, 11) is 0. The second-order valence-corrected chi connectivity index (χ2v) is 2.32. The molecule has 0 saturated carbocycles. The summed E-state index contributed by atoms with van der Waals surface area (Å²) in [5.74, 6) is -0.325. The van der Waals surface area contributed by atoms with Crippen molar-refractivity contribution in [3.63, 3.8) is 0 Å². The van der Waals surface area contributed by atoms with Crippen LogP contribution in [0.3, 0.4) is 0 Å². The van der Waals surface area contributed by atoms with Gasteiger partial charge >= 0.3 is 0 Å². The number of guanidine groups is 1. The maximum absolute atomic E-state index is 8.76. The number of para-hydroxylation sites is 1. The summed E-state index contributed by atoms with van der Waals surface area (Å²) < 4.78 is 0. The lowest BCUT2D eigenvalue weighted by molar-refractivity contribution is 1.25. The number of nitriles is 1. The number of rotatable bonds is 1. The number of hydrogen-bond acceptors (Lipinski definition) is 3. The van der Waals surface area contributed by atoms with Crippen LogP contribution < -0.4 is 4.90 Å². The minimum absolute atomic E-state index is 0.325. The lowest BCUT2D eigenvalue weighted by atomic mass is 10.3. The van der Waals surface area contributed by atoms with Crippen molar-refractivity contribution in [3.05, 3.63) is 30.3 Å². The van der Waals surface area contributed by atoms with Crippen LogP contribution in [0.2, 0.25) is 0 Å². The first-order valence-electron chi connectivity index (χ1n) is 3.75. The van der Waals surface area contributed by atoms with Crippen molar-refractivity contribution in [1.82, 2.24) is 0 Å². The Kier molecular flexibility index (Phi) is 3.14. The SMILES string of the molecule is N#CN(C(=N)N=C=N)c1ccccc1. The molecule has 0 unspecified atom stereocenters. The molecule has 1 aromatic carbocycles. The van der Waals surface area contributed by atoms with Gasteiger partial charge in [-0.1, -0.05) is 18.2 Å². The van der Waals surface area contributed by atoms with Crippen LogP contribution in [0.15, 0.2) is 35.3 Å². The molecule has 5 nitrogen and oxygen atoms in total. The van der Waals surface area contributed by atoms with Crippen molar-refractivity contribution in [2.75, 3.05) is 4.90 Å². The predicted octanol–water partition coefficient (Wildman–Crippen LogP) is 1.66. The number of nitrogens with one attached hydrogen (secondary N) is 2. The average Bonchev–Trinajstić information content (AvgIpc) is 2.21. The van der Waals surface area contributed by atoms with E-state index in [0.29, 0.717) is 5.69 Å².